The Labute approximate surface area is 96.1 Å². The summed E-state index contributed by atoms with van der Waals surface area (Å²) in [7, 11) is 0. The van der Waals surface area contributed by atoms with Crippen LogP contribution in [0.3, 0.4) is 0 Å². The molecule has 0 N–H and O–H groups in total. The highest BCUT2D eigenvalue weighted by Crippen LogP contribution is 2.37. The monoisotopic (exact) mass is 268 g/mol. The number of benzene rings is 1. The van der Waals surface area contributed by atoms with Gasteiger partial charge >= 0.3 is 0 Å². The van der Waals surface area contributed by atoms with Crippen LogP contribution in [0, 0.1) is 5.82 Å². The number of carbonyl (C=O) groups excluding carboxylic acids is 1. The van der Waals surface area contributed by atoms with Crippen LogP contribution in [0.2, 0.25) is 0 Å². The molecule has 1 atom stereocenters. The van der Waals surface area contributed by atoms with Crippen LogP contribution in [0.4, 0.5) is 4.39 Å². The maximum Gasteiger partial charge on any atom is 0.163 e. The average Bonchev–Trinajstić information content (AvgIpc) is 2.19. The lowest BCUT2D eigenvalue weighted by molar-refractivity contribution is 0.0969. The first-order valence-electron chi connectivity index (χ1n) is 4.78. The highest BCUT2D eigenvalue weighted by molar-refractivity contribution is 9.10. The first-order chi connectivity index (χ1) is 7.13. The quantitative estimate of drug-likeness (QED) is 0.708. The minimum atomic E-state index is -0.376. The Hall–Kier alpha value is -0.960. The molecule has 1 aliphatic carbocycles. The van der Waals surface area contributed by atoms with Crippen LogP contribution in [0.1, 0.15) is 34.7 Å². The van der Waals surface area contributed by atoms with Crippen LogP contribution >= 0.6 is 15.9 Å². The molecule has 1 aliphatic rings. The average molecular weight is 269 g/mol. The second-order valence-electron chi connectivity index (χ2n) is 3.65. The van der Waals surface area contributed by atoms with Crippen LogP contribution in [-0.2, 0) is 0 Å². The number of rotatable bonds is 1. The molecule has 15 heavy (non-hydrogen) atoms. The van der Waals surface area contributed by atoms with Crippen LogP contribution < -0.4 is 0 Å². The Morgan fingerprint density at radius 3 is 2.93 bits per heavy atom. The van der Waals surface area contributed by atoms with Crippen molar-refractivity contribution in [1.29, 1.82) is 0 Å². The van der Waals surface area contributed by atoms with E-state index >= 15 is 0 Å². The third kappa shape index (κ3) is 1.76. The van der Waals surface area contributed by atoms with Crippen molar-refractivity contribution in [3.63, 3.8) is 0 Å². The first-order valence-corrected chi connectivity index (χ1v) is 5.57. The van der Waals surface area contributed by atoms with Crippen LogP contribution in [0.25, 0.3) is 0 Å². The largest absolute Gasteiger partial charge is 0.294 e. The maximum atomic E-state index is 13.2. The van der Waals surface area contributed by atoms with Gasteiger partial charge in [-0.1, -0.05) is 22.0 Å². The van der Waals surface area contributed by atoms with E-state index in [4.69, 9.17) is 0 Å². The second kappa shape index (κ2) is 3.89. The summed E-state index contributed by atoms with van der Waals surface area (Å²) in [5, 5.41) is 0. The van der Waals surface area contributed by atoms with Crippen molar-refractivity contribution in [2.24, 2.45) is 0 Å². The zero-order valence-electron chi connectivity index (χ0n) is 8.09. The van der Waals surface area contributed by atoms with E-state index in [1.807, 2.05) is 6.08 Å². The molecule has 0 aromatic heterocycles. The lowest BCUT2D eigenvalue weighted by atomic mass is 9.82. The van der Waals surface area contributed by atoms with Crippen molar-refractivity contribution in [3.05, 3.63) is 46.2 Å². The number of Topliss-reactive ketones (excluding diaryl/α,β-unsaturated/α-hetero) is 1. The molecule has 3 heteroatoms. The number of ketones is 1. The van der Waals surface area contributed by atoms with Gasteiger partial charge in [0, 0.05) is 22.4 Å². The Morgan fingerprint density at radius 2 is 2.27 bits per heavy atom. The second-order valence-corrected chi connectivity index (χ2v) is 4.51. The predicted octanol–water partition coefficient (Wildman–Crippen LogP) is 3.83. The predicted molar refractivity (Wildman–Crippen MR) is 60.6 cm³/mol. The van der Waals surface area contributed by atoms with E-state index in [1.54, 1.807) is 0 Å². The van der Waals surface area contributed by atoms with Gasteiger partial charge in [0.05, 0.1) is 0 Å². The number of fused-ring (bicyclic) bond motifs is 1. The molecular formula is C12H10BrFO. The van der Waals surface area contributed by atoms with Gasteiger partial charge in [-0.25, -0.2) is 4.39 Å². The SMILES string of the molecule is C=C[C@H]1CCC(=O)c2cc(F)cc(Br)c21. The number of hydrogen-bond donors (Lipinski definition) is 0. The fraction of sp³-hybridized carbons (Fsp3) is 0.250. The molecular weight excluding hydrogens is 259 g/mol. The summed E-state index contributed by atoms with van der Waals surface area (Å²) in [6, 6.07) is 2.71. The minimum Gasteiger partial charge on any atom is -0.294 e. The molecule has 2 rings (SSSR count). The topological polar surface area (TPSA) is 17.1 Å². The van der Waals surface area contributed by atoms with Gasteiger partial charge in [-0.15, -0.1) is 6.58 Å². The highest BCUT2D eigenvalue weighted by Gasteiger charge is 2.26. The normalized spacial score (nSPS) is 19.9. The molecule has 1 aromatic rings. The Morgan fingerprint density at radius 1 is 1.53 bits per heavy atom. The molecule has 0 unspecified atom stereocenters. The van der Waals surface area contributed by atoms with Crippen molar-refractivity contribution in [1.82, 2.24) is 0 Å². The molecule has 0 spiro atoms. The van der Waals surface area contributed by atoms with E-state index in [-0.39, 0.29) is 17.5 Å². The van der Waals surface area contributed by atoms with Gasteiger partial charge < -0.3 is 0 Å². The molecule has 1 aromatic carbocycles. The fourth-order valence-corrected chi connectivity index (χ4v) is 2.72. The van der Waals surface area contributed by atoms with E-state index < -0.39 is 0 Å². The van der Waals surface area contributed by atoms with Gasteiger partial charge in [-0.3, -0.25) is 4.79 Å². The van der Waals surface area contributed by atoms with E-state index in [2.05, 4.69) is 22.5 Å². The number of hydrogen-bond acceptors (Lipinski definition) is 1. The van der Waals surface area contributed by atoms with Crippen molar-refractivity contribution in [3.8, 4) is 0 Å². The van der Waals surface area contributed by atoms with Crippen LogP contribution in [-0.4, -0.2) is 5.78 Å². The van der Waals surface area contributed by atoms with Gasteiger partial charge in [0.15, 0.2) is 5.78 Å². The zero-order valence-corrected chi connectivity index (χ0v) is 9.68. The van der Waals surface area contributed by atoms with E-state index in [9.17, 15) is 9.18 Å². The molecule has 1 nitrogen and oxygen atoms in total. The van der Waals surface area contributed by atoms with E-state index in [0.29, 0.717) is 16.5 Å². The summed E-state index contributed by atoms with van der Waals surface area (Å²) in [6.45, 7) is 3.75. The molecule has 0 aliphatic heterocycles. The molecule has 0 radical (unpaired) electrons. The number of carbonyl (C=O) groups is 1. The minimum absolute atomic E-state index is 0.0169. The zero-order chi connectivity index (χ0) is 11.0. The van der Waals surface area contributed by atoms with Crippen molar-refractivity contribution < 1.29 is 9.18 Å². The first kappa shape index (κ1) is 10.6. The van der Waals surface area contributed by atoms with Crippen molar-refractivity contribution in [2.45, 2.75) is 18.8 Å². The number of allylic oxidation sites excluding steroid dienone is 1. The maximum absolute atomic E-state index is 13.2. The molecule has 0 saturated heterocycles. The summed E-state index contributed by atoms with van der Waals surface area (Å²) in [5.74, 6) is -0.213. The van der Waals surface area contributed by atoms with Gasteiger partial charge in [0.2, 0.25) is 0 Å². The Balaban J connectivity index is 2.66. The molecule has 0 bridgehead atoms. The molecule has 0 heterocycles. The smallest absolute Gasteiger partial charge is 0.163 e. The summed E-state index contributed by atoms with van der Waals surface area (Å²) >= 11 is 3.30. The highest BCUT2D eigenvalue weighted by atomic mass is 79.9. The third-order valence-electron chi connectivity index (χ3n) is 2.73. The van der Waals surface area contributed by atoms with Crippen LogP contribution in [0.5, 0.6) is 0 Å². The lowest BCUT2D eigenvalue weighted by Gasteiger charge is -2.23. The summed E-state index contributed by atoms with van der Waals surface area (Å²) in [4.78, 5) is 11.6. The van der Waals surface area contributed by atoms with Crippen molar-refractivity contribution in [2.75, 3.05) is 0 Å². The van der Waals surface area contributed by atoms with E-state index in [1.165, 1.54) is 12.1 Å². The summed E-state index contributed by atoms with van der Waals surface area (Å²) < 4.78 is 13.8. The molecule has 0 fully saturated rings. The van der Waals surface area contributed by atoms with Gasteiger partial charge in [-0.05, 0) is 24.1 Å². The summed E-state index contributed by atoms with van der Waals surface area (Å²) in [5.41, 5.74) is 1.38. The van der Waals surface area contributed by atoms with Crippen LogP contribution in [0.15, 0.2) is 29.3 Å². The lowest BCUT2D eigenvalue weighted by Crippen LogP contribution is -2.15. The molecule has 0 amide bonds. The van der Waals surface area contributed by atoms with Gasteiger partial charge in [0.25, 0.3) is 0 Å². The molecule has 0 saturated carbocycles. The standard InChI is InChI=1S/C12H10BrFO/c1-2-7-3-4-11(15)9-5-8(14)6-10(13)12(7)9/h2,5-7H,1,3-4H2/t7-/m0/s1. The van der Waals surface area contributed by atoms with Crippen molar-refractivity contribution >= 4 is 21.7 Å². The Bertz CT molecular complexity index is 439. The number of halogens is 2. The van der Waals surface area contributed by atoms with Gasteiger partial charge in [-0.2, -0.15) is 0 Å². The Kier molecular flexibility index (Phi) is 2.74. The van der Waals surface area contributed by atoms with Gasteiger partial charge in [0.1, 0.15) is 5.82 Å². The third-order valence-corrected chi connectivity index (χ3v) is 3.39. The fourth-order valence-electron chi connectivity index (χ4n) is 1.99. The molecule has 78 valence electrons. The van der Waals surface area contributed by atoms with E-state index in [0.717, 1.165) is 12.0 Å². The summed E-state index contributed by atoms with van der Waals surface area (Å²) in [6.07, 6.45) is 3.05.